The van der Waals surface area contributed by atoms with Crippen molar-refractivity contribution in [2.24, 2.45) is 0 Å². The zero-order valence-electron chi connectivity index (χ0n) is 10.7. The Labute approximate surface area is 110 Å². The lowest BCUT2D eigenvalue weighted by Crippen LogP contribution is -2.24. The molecule has 0 aliphatic rings. The van der Waals surface area contributed by atoms with Crippen LogP contribution >= 0.6 is 0 Å². The Bertz CT molecular complexity index is 662. The van der Waals surface area contributed by atoms with Gasteiger partial charge in [-0.2, -0.15) is 0 Å². The van der Waals surface area contributed by atoms with Crippen LogP contribution in [0.3, 0.4) is 0 Å². The molecule has 5 heteroatoms. The van der Waals surface area contributed by atoms with E-state index in [9.17, 15) is 9.59 Å². The average molecular weight is 258 g/mol. The van der Waals surface area contributed by atoms with Crippen molar-refractivity contribution >= 4 is 11.6 Å². The molecule has 2 rings (SSSR count). The molecule has 1 aromatic carbocycles. The molecule has 0 unspecified atom stereocenters. The first-order chi connectivity index (χ1) is 9.13. The third kappa shape index (κ3) is 2.65. The predicted molar refractivity (Wildman–Crippen MR) is 72.7 cm³/mol. The minimum absolute atomic E-state index is 0.105. The molecule has 0 radical (unpaired) electrons. The van der Waals surface area contributed by atoms with Gasteiger partial charge in [0.1, 0.15) is 11.3 Å². The number of hydrogen-bond acceptors (Lipinski definition) is 3. The van der Waals surface area contributed by atoms with Gasteiger partial charge in [0.05, 0.1) is 12.8 Å². The molecule has 0 saturated carbocycles. The van der Waals surface area contributed by atoms with Crippen LogP contribution in [-0.4, -0.2) is 18.0 Å². The molecule has 0 aliphatic carbocycles. The Morgan fingerprint density at radius 2 is 2.00 bits per heavy atom. The summed E-state index contributed by atoms with van der Waals surface area (Å²) in [4.78, 5) is 26.3. The fourth-order valence-corrected chi connectivity index (χ4v) is 1.79. The van der Waals surface area contributed by atoms with Crippen LogP contribution in [-0.2, 0) is 0 Å². The number of ether oxygens (including phenoxy) is 1. The Kier molecular flexibility index (Phi) is 3.66. The van der Waals surface area contributed by atoms with Crippen LogP contribution in [0, 0.1) is 6.92 Å². The fourth-order valence-electron chi connectivity index (χ4n) is 1.79. The Balaban J connectivity index is 2.34. The van der Waals surface area contributed by atoms with E-state index in [1.54, 1.807) is 37.3 Å². The summed E-state index contributed by atoms with van der Waals surface area (Å²) in [5.74, 6) is 0.0877. The minimum atomic E-state index is -0.455. The molecule has 0 saturated heterocycles. The van der Waals surface area contributed by atoms with E-state index in [1.165, 1.54) is 13.3 Å². The number of aromatic amines is 1. The lowest BCUT2D eigenvalue weighted by molar-refractivity contribution is 0.102. The number of hydrogen-bond donors (Lipinski definition) is 2. The first-order valence-corrected chi connectivity index (χ1v) is 5.76. The number of para-hydroxylation sites is 2. The Morgan fingerprint density at radius 1 is 1.26 bits per heavy atom. The molecule has 0 aliphatic heterocycles. The maximum Gasteiger partial charge on any atom is 0.261 e. The van der Waals surface area contributed by atoms with Gasteiger partial charge in [-0.3, -0.25) is 9.59 Å². The number of aromatic nitrogens is 1. The van der Waals surface area contributed by atoms with Crippen LogP contribution in [0.15, 0.2) is 41.3 Å². The zero-order chi connectivity index (χ0) is 13.8. The predicted octanol–water partition coefficient (Wildman–Crippen LogP) is 1.94. The van der Waals surface area contributed by atoms with E-state index in [0.29, 0.717) is 17.0 Å². The topological polar surface area (TPSA) is 71.2 Å². The van der Waals surface area contributed by atoms with E-state index in [-0.39, 0.29) is 5.56 Å². The molecule has 2 N–H and O–H groups in total. The molecule has 0 atom stereocenters. The molecule has 5 nitrogen and oxygen atoms in total. The average Bonchev–Trinajstić information content (AvgIpc) is 2.39. The summed E-state index contributed by atoms with van der Waals surface area (Å²) in [6.07, 6.45) is 1.51. The highest BCUT2D eigenvalue weighted by Crippen LogP contribution is 2.23. The van der Waals surface area contributed by atoms with E-state index in [1.807, 2.05) is 0 Å². The number of nitrogens with one attached hydrogen (secondary N) is 2. The fraction of sp³-hybridized carbons (Fsp3) is 0.143. The monoisotopic (exact) mass is 258 g/mol. The van der Waals surface area contributed by atoms with Crippen molar-refractivity contribution < 1.29 is 9.53 Å². The molecule has 1 amide bonds. The summed E-state index contributed by atoms with van der Waals surface area (Å²) in [6, 6.07) is 8.70. The maximum atomic E-state index is 12.1. The number of H-pyrrole nitrogens is 1. The third-order valence-corrected chi connectivity index (χ3v) is 2.75. The van der Waals surface area contributed by atoms with Gasteiger partial charge in [0.25, 0.3) is 11.5 Å². The second-order valence-electron chi connectivity index (χ2n) is 4.02. The number of carbonyl (C=O) groups excluding carboxylic acids is 1. The SMILES string of the molecule is COc1ccccc1NC(=O)c1c(C)cc[nH]c1=O. The van der Waals surface area contributed by atoms with Gasteiger partial charge in [-0.1, -0.05) is 12.1 Å². The van der Waals surface area contributed by atoms with Crippen molar-refractivity contribution in [3.05, 3.63) is 58.0 Å². The van der Waals surface area contributed by atoms with Gasteiger partial charge in [-0.25, -0.2) is 0 Å². The first kappa shape index (κ1) is 12.9. The number of benzene rings is 1. The van der Waals surface area contributed by atoms with Gasteiger partial charge in [0.15, 0.2) is 0 Å². The maximum absolute atomic E-state index is 12.1. The highest BCUT2D eigenvalue weighted by molar-refractivity contribution is 6.05. The molecule has 0 spiro atoms. The zero-order valence-corrected chi connectivity index (χ0v) is 10.7. The van der Waals surface area contributed by atoms with Crippen molar-refractivity contribution in [1.29, 1.82) is 0 Å². The smallest absolute Gasteiger partial charge is 0.261 e. The lowest BCUT2D eigenvalue weighted by atomic mass is 10.1. The van der Waals surface area contributed by atoms with Crippen LogP contribution in [0.2, 0.25) is 0 Å². The minimum Gasteiger partial charge on any atom is -0.495 e. The number of anilines is 1. The summed E-state index contributed by atoms with van der Waals surface area (Å²) in [5, 5.41) is 2.68. The van der Waals surface area contributed by atoms with Gasteiger partial charge < -0.3 is 15.0 Å². The summed E-state index contributed by atoms with van der Waals surface area (Å²) in [5.41, 5.74) is 0.842. The molecule has 1 aromatic heterocycles. The Morgan fingerprint density at radius 3 is 2.68 bits per heavy atom. The lowest BCUT2D eigenvalue weighted by Gasteiger charge is -2.10. The highest BCUT2D eigenvalue weighted by Gasteiger charge is 2.15. The van der Waals surface area contributed by atoms with E-state index in [0.717, 1.165) is 0 Å². The van der Waals surface area contributed by atoms with Gasteiger partial charge in [0.2, 0.25) is 0 Å². The largest absolute Gasteiger partial charge is 0.495 e. The third-order valence-electron chi connectivity index (χ3n) is 2.75. The number of pyridine rings is 1. The van der Waals surface area contributed by atoms with Gasteiger partial charge in [-0.15, -0.1) is 0 Å². The van der Waals surface area contributed by atoms with Crippen molar-refractivity contribution in [1.82, 2.24) is 4.98 Å². The molecular weight excluding hydrogens is 244 g/mol. The molecule has 0 fully saturated rings. The molecule has 1 heterocycles. The number of carbonyl (C=O) groups is 1. The first-order valence-electron chi connectivity index (χ1n) is 5.76. The van der Waals surface area contributed by atoms with Crippen LogP contribution in [0.4, 0.5) is 5.69 Å². The van der Waals surface area contributed by atoms with Crippen molar-refractivity contribution in [3.8, 4) is 5.75 Å². The highest BCUT2D eigenvalue weighted by atomic mass is 16.5. The van der Waals surface area contributed by atoms with Gasteiger partial charge >= 0.3 is 0 Å². The van der Waals surface area contributed by atoms with Gasteiger partial charge in [0, 0.05) is 6.20 Å². The van der Waals surface area contributed by atoms with Crippen molar-refractivity contribution in [3.63, 3.8) is 0 Å². The second-order valence-corrected chi connectivity index (χ2v) is 4.02. The van der Waals surface area contributed by atoms with E-state index < -0.39 is 11.5 Å². The number of methoxy groups -OCH3 is 1. The molecule has 2 aromatic rings. The Hall–Kier alpha value is -2.56. The number of aryl methyl sites for hydroxylation is 1. The standard InChI is InChI=1S/C14H14N2O3/c1-9-7-8-15-13(17)12(9)14(18)16-10-5-3-4-6-11(10)19-2/h3-8H,1-2H3,(H,15,17)(H,16,18). The second kappa shape index (κ2) is 5.39. The van der Waals surface area contributed by atoms with Crippen LogP contribution in [0.25, 0.3) is 0 Å². The summed E-state index contributed by atoms with van der Waals surface area (Å²) in [7, 11) is 1.52. The quantitative estimate of drug-likeness (QED) is 0.883. The van der Waals surface area contributed by atoms with Crippen LogP contribution in [0.5, 0.6) is 5.75 Å². The molecular formula is C14H14N2O3. The number of rotatable bonds is 3. The van der Waals surface area contributed by atoms with E-state index >= 15 is 0 Å². The van der Waals surface area contributed by atoms with Crippen LogP contribution in [0.1, 0.15) is 15.9 Å². The summed E-state index contributed by atoms with van der Waals surface area (Å²) < 4.78 is 5.14. The van der Waals surface area contributed by atoms with Gasteiger partial charge in [-0.05, 0) is 30.7 Å². The molecule has 19 heavy (non-hydrogen) atoms. The molecule has 98 valence electrons. The van der Waals surface area contributed by atoms with E-state index in [2.05, 4.69) is 10.3 Å². The van der Waals surface area contributed by atoms with Crippen molar-refractivity contribution in [2.75, 3.05) is 12.4 Å². The number of amides is 1. The summed E-state index contributed by atoms with van der Waals surface area (Å²) >= 11 is 0. The van der Waals surface area contributed by atoms with E-state index in [4.69, 9.17) is 4.74 Å². The van der Waals surface area contributed by atoms with Crippen LogP contribution < -0.4 is 15.6 Å². The molecule has 0 bridgehead atoms. The van der Waals surface area contributed by atoms with Crippen molar-refractivity contribution in [2.45, 2.75) is 6.92 Å². The summed E-state index contributed by atoms with van der Waals surface area (Å²) in [6.45, 7) is 1.71. The normalized spacial score (nSPS) is 10.0.